The molecule has 0 spiro atoms. The van der Waals surface area contributed by atoms with E-state index in [0.717, 1.165) is 49.8 Å². The van der Waals surface area contributed by atoms with E-state index in [-0.39, 0.29) is 12.7 Å². The van der Waals surface area contributed by atoms with Gasteiger partial charge >= 0.3 is 0 Å². The zero-order valence-electron chi connectivity index (χ0n) is 15.8. The molecule has 6 nitrogen and oxygen atoms in total. The molecule has 1 fully saturated rings. The molecular formula is C22H25N3O3. The fourth-order valence-electron chi connectivity index (χ4n) is 3.45. The van der Waals surface area contributed by atoms with E-state index < -0.39 is 0 Å². The minimum absolute atomic E-state index is 0.0828. The third kappa shape index (κ3) is 4.64. The van der Waals surface area contributed by atoms with Crippen LogP contribution in [0.5, 0.6) is 11.5 Å². The van der Waals surface area contributed by atoms with Gasteiger partial charge in [0.05, 0.1) is 0 Å². The van der Waals surface area contributed by atoms with Crippen LogP contribution in [0.25, 0.3) is 6.08 Å². The first kappa shape index (κ1) is 18.4. The Bertz CT molecular complexity index is 830. The molecule has 0 bridgehead atoms. The number of ether oxygens (including phenoxy) is 2. The lowest BCUT2D eigenvalue weighted by Gasteiger charge is -2.36. The maximum absolute atomic E-state index is 12.0. The van der Waals surface area contributed by atoms with Crippen molar-refractivity contribution in [3.8, 4) is 11.5 Å². The van der Waals surface area contributed by atoms with Crippen LogP contribution < -0.4 is 19.7 Å². The van der Waals surface area contributed by atoms with Crippen molar-refractivity contribution in [1.29, 1.82) is 0 Å². The Morgan fingerprint density at radius 2 is 1.79 bits per heavy atom. The molecule has 2 aromatic carbocycles. The molecule has 2 aromatic rings. The van der Waals surface area contributed by atoms with Crippen molar-refractivity contribution in [1.82, 2.24) is 10.2 Å². The maximum Gasteiger partial charge on any atom is 0.244 e. The average Bonchev–Trinajstić information content (AvgIpc) is 3.21. The fraction of sp³-hybridized carbons (Fsp3) is 0.318. The lowest BCUT2D eigenvalue weighted by atomic mass is 10.2. The molecule has 2 heterocycles. The van der Waals surface area contributed by atoms with E-state index in [9.17, 15) is 4.79 Å². The van der Waals surface area contributed by atoms with Gasteiger partial charge in [-0.05, 0) is 35.9 Å². The first-order chi connectivity index (χ1) is 13.8. The zero-order valence-corrected chi connectivity index (χ0v) is 15.8. The Hall–Kier alpha value is -2.99. The number of carbonyl (C=O) groups excluding carboxylic acids is 1. The molecule has 1 amide bonds. The number of hydrogen-bond acceptors (Lipinski definition) is 5. The van der Waals surface area contributed by atoms with Gasteiger partial charge in [0.25, 0.3) is 0 Å². The third-order valence-electron chi connectivity index (χ3n) is 5.04. The van der Waals surface area contributed by atoms with Crippen LogP contribution in [0.2, 0.25) is 0 Å². The number of para-hydroxylation sites is 1. The van der Waals surface area contributed by atoms with Gasteiger partial charge in [-0.3, -0.25) is 9.69 Å². The Balaban J connectivity index is 1.17. The summed E-state index contributed by atoms with van der Waals surface area (Å²) < 4.78 is 10.6. The first-order valence-electron chi connectivity index (χ1n) is 9.66. The van der Waals surface area contributed by atoms with Gasteiger partial charge in [-0.15, -0.1) is 0 Å². The molecule has 6 heteroatoms. The van der Waals surface area contributed by atoms with Gasteiger partial charge in [-0.1, -0.05) is 24.3 Å². The van der Waals surface area contributed by atoms with Crippen LogP contribution in [0.3, 0.4) is 0 Å². The van der Waals surface area contributed by atoms with E-state index in [1.54, 1.807) is 12.2 Å². The van der Waals surface area contributed by atoms with Gasteiger partial charge in [-0.25, -0.2) is 0 Å². The van der Waals surface area contributed by atoms with Crippen molar-refractivity contribution in [2.75, 3.05) is 51.0 Å². The number of hydrogen-bond donors (Lipinski definition) is 1. The molecule has 0 saturated carbocycles. The van der Waals surface area contributed by atoms with Crippen molar-refractivity contribution < 1.29 is 14.3 Å². The number of nitrogens with zero attached hydrogens (tertiary/aromatic N) is 2. The summed E-state index contributed by atoms with van der Waals surface area (Å²) in [6.07, 6.45) is 3.35. The van der Waals surface area contributed by atoms with Gasteiger partial charge in [-0.2, -0.15) is 0 Å². The van der Waals surface area contributed by atoms with E-state index in [0.29, 0.717) is 6.54 Å². The molecular weight excluding hydrogens is 354 g/mol. The SMILES string of the molecule is O=C(/C=C/c1ccc2c(c1)OCO2)NCCN1CCN(c2ccccc2)CC1. The second kappa shape index (κ2) is 8.80. The van der Waals surface area contributed by atoms with E-state index >= 15 is 0 Å². The number of anilines is 1. The van der Waals surface area contributed by atoms with Crippen LogP contribution in [0.4, 0.5) is 5.69 Å². The van der Waals surface area contributed by atoms with Crippen molar-refractivity contribution >= 4 is 17.7 Å². The van der Waals surface area contributed by atoms with Crippen molar-refractivity contribution in [2.45, 2.75) is 0 Å². The van der Waals surface area contributed by atoms with Crippen LogP contribution in [-0.2, 0) is 4.79 Å². The summed E-state index contributed by atoms with van der Waals surface area (Å²) in [7, 11) is 0. The predicted molar refractivity (Wildman–Crippen MR) is 110 cm³/mol. The molecule has 1 N–H and O–H groups in total. The van der Waals surface area contributed by atoms with Crippen molar-refractivity contribution in [2.24, 2.45) is 0 Å². The summed E-state index contributed by atoms with van der Waals surface area (Å²) in [6, 6.07) is 16.1. The summed E-state index contributed by atoms with van der Waals surface area (Å²) in [5.74, 6) is 1.38. The third-order valence-corrected chi connectivity index (χ3v) is 5.04. The van der Waals surface area contributed by atoms with Crippen LogP contribution >= 0.6 is 0 Å². The van der Waals surface area contributed by atoms with E-state index in [2.05, 4.69) is 39.4 Å². The summed E-state index contributed by atoms with van der Waals surface area (Å²) in [4.78, 5) is 16.8. The standard InChI is InChI=1S/C22H25N3O3/c26-22(9-7-18-6-8-20-21(16-18)28-17-27-20)23-10-11-24-12-14-25(15-13-24)19-4-2-1-3-5-19/h1-9,16H,10-15,17H2,(H,23,26)/b9-7+. The highest BCUT2D eigenvalue weighted by Crippen LogP contribution is 2.32. The summed E-state index contributed by atoms with van der Waals surface area (Å²) in [5.41, 5.74) is 2.19. The fourth-order valence-corrected chi connectivity index (χ4v) is 3.45. The van der Waals surface area contributed by atoms with Crippen LogP contribution in [0.1, 0.15) is 5.56 Å². The number of amides is 1. The normalized spacial score (nSPS) is 16.5. The number of benzene rings is 2. The lowest BCUT2D eigenvalue weighted by molar-refractivity contribution is -0.116. The molecule has 1 saturated heterocycles. The molecule has 0 unspecified atom stereocenters. The molecule has 0 aliphatic carbocycles. The van der Waals surface area contributed by atoms with E-state index in [1.807, 2.05) is 24.3 Å². The summed E-state index contributed by atoms with van der Waals surface area (Å²) >= 11 is 0. The Kier molecular flexibility index (Phi) is 5.77. The number of piperazine rings is 1. The molecule has 0 radical (unpaired) electrons. The number of rotatable bonds is 6. The molecule has 0 aromatic heterocycles. The Labute approximate surface area is 165 Å². The molecule has 28 heavy (non-hydrogen) atoms. The molecule has 2 aliphatic heterocycles. The molecule has 4 rings (SSSR count). The second-order valence-electron chi connectivity index (χ2n) is 6.90. The molecule has 0 atom stereocenters. The van der Waals surface area contributed by atoms with Gasteiger partial charge in [0, 0.05) is 51.0 Å². The number of fused-ring (bicyclic) bond motifs is 1. The minimum Gasteiger partial charge on any atom is -0.454 e. The highest BCUT2D eigenvalue weighted by atomic mass is 16.7. The molecule has 146 valence electrons. The highest BCUT2D eigenvalue weighted by molar-refractivity contribution is 5.91. The maximum atomic E-state index is 12.0. The van der Waals surface area contributed by atoms with Crippen molar-refractivity contribution in [3.05, 3.63) is 60.2 Å². The van der Waals surface area contributed by atoms with Gasteiger partial charge in [0.1, 0.15) is 0 Å². The van der Waals surface area contributed by atoms with Crippen molar-refractivity contribution in [3.63, 3.8) is 0 Å². The van der Waals surface area contributed by atoms with Gasteiger partial charge in [0.15, 0.2) is 11.5 Å². The topological polar surface area (TPSA) is 54.0 Å². The number of nitrogens with one attached hydrogen (secondary N) is 1. The summed E-state index contributed by atoms with van der Waals surface area (Å²) in [5, 5.41) is 2.96. The smallest absolute Gasteiger partial charge is 0.244 e. The first-order valence-corrected chi connectivity index (χ1v) is 9.66. The predicted octanol–water partition coefficient (Wildman–Crippen LogP) is 2.37. The quantitative estimate of drug-likeness (QED) is 0.781. The minimum atomic E-state index is -0.0828. The largest absolute Gasteiger partial charge is 0.454 e. The Morgan fingerprint density at radius 3 is 2.61 bits per heavy atom. The Morgan fingerprint density at radius 1 is 1.00 bits per heavy atom. The van der Waals surface area contributed by atoms with E-state index in [4.69, 9.17) is 9.47 Å². The molecule has 2 aliphatic rings. The summed E-state index contributed by atoms with van der Waals surface area (Å²) in [6.45, 7) is 5.82. The highest BCUT2D eigenvalue weighted by Gasteiger charge is 2.16. The zero-order chi connectivity index (χ0) is 19.2. The average molecular weight is 379 g/mol. The van der Waals surface area contributed by atoms with E-state index in [1.165, 1.54) is 5.69 Å². The van der Waals surface area contributed by atoms with Gasteiger partial charge in [0.2, 0.25) is 12.7 Å². The number of carbonyl (C=O) groups is 1. The monoisotopic (exact) mass is 379 g/mol. The van der Waals surface area contributed by atoms with Crippen LogP contribution in [-0.4, -0.2) is 56.9 Å². The second-order valence-corrected chi connectivity index (χ2v) is 6.90. The van der Waals surface area contributed by atoms with Crippen LogP contribution in [0, 0.1) is 0 Å². The lowest BCUT2D eigenvalue weighted by Crippen LogP contribution is -2.48. The van der Waals surface area contributed by atoms with Gasteiger partial charge < -0.3 is 19.7 Å². The van der Waals surface area contributed by atoms with Crippen LogP contribution in [0.15, 0.2) is 54.6 Å².